The molecular weight excluding hydrogens is 260 g/mol. The molecule has 0 spiro atoms. The van der Waals surface area contributed by atoms with E-state index in [-0.39, 0.29) is 6.09 Å². The van der Waals surface area contributed by atoms with Gasteiger partial charge in [0.25, 0.3) is 0 Å². The van der Waals surface area contributed by atoms with Gasteiger partial charge in [-0.3, -0.25) is 0 Å². The Hall–Kier alpha value is -1.63. The average molecular weight is 282 g/mol. The summed E-state index contributed by atoms with van der Waals surface area (Å²) in [4.78, 5) is 17.6. The second kappa shape index (κ2) is 7.23. The summed E-state index contributed by atoms with van der Waals surface area (Å²) in [5.74, 6) is 1.41. The first kappa shape index (κ1) is 14.8. The molecule has 0 saturated carbocycles. The van der Waals surface area contributed by atoms with Crippen LogP contribution in [0, 0.1) is 0 Å². The van der Waals surface area contributed by atoms with Gasteiger partial charge in [-0.25, -0.2) is 4.79 Å². The third kappa shape index (κ3) is 3.93. The standard InChI is InChI=1S/C13H22N4O3/c1-3-11-15-12(20-16-11)5-7-14-10-6-8-17(9-10)13(18)19-4-2/h10,14H,3-9H2,1-2H3. The summed E-state index contributed by atoms with van der Waals surface area (Å²) in [5, 5.41) is 7.26. The first-order valence-electron chi connectivity index (χ1n) is 7.19. The van der Waals surface area contributed by atoms with Gasteiger partial charge in [0.15, 0.2) is 5.82 Å². The van der Waals surface area contributed by atoms with E-state index >= 15 is 0 Å². The minimum atomic E-state index is -0.221. The maximum absolute atomic E-state index is 11.6. The Balaban J connectivity index is 1.66. The Labute approximate surface area is 118 Å². The van der Waals surface area contributed by atoms with Crippen LogP contribution in [0.2, 0.25) is 0 Å². The van der Waals surface area contributed by atoms with Crippen molar-refractivity contribution < 1.29 is 14.1 Å². The summed E-state index contributed by atoms with van der Waals surface area (Å²) in [6.45, 7) is 6.45. The van der Waals surface area contributed by atoms with Gasteiger partial charge in [0.05, 0.1) is 6.61 Å². The lowest BCUT2D eigenvalue weighted by atomic mass is 10.2. The highest BCUT2D eigenvalue weighted by molar-refractivity contribution is 5.68. The van der Waals surface area contributed by atoms with Crippen molar-refractivity contribution in [3.8, 4) is 0 Å². The number of rotatable bonds is 6. The molecule has 2 heterocycles. The molecule has 1 aliphatic rings. The van der Waals surface area contributed by atoms with Gasteiger partial charge in [0.1, 0.15) is 0 Å². The Morgan fingerprint density at radius 2 is 2.40 bits per heavy atom. The highest BCUT2D eigenvalue weighted by atomic mass is 16.6. The number of amides is 1. The zero-order chi connectivity index (χ0) is 14.4. The molecule has 0 bridgehead atoms. The van der Waals surface area contributed by atoms with Gasteiger partial charge in [0.2, 0.25) is 5.89 Å². The lowest BCUT2D eigenvalue weighted by Gasteiger charge is -2.16. The topological polar surface area (TPSA) is 80.5 Å². The van der Waals surface area contributed by atoms with E-state index in [4.69, 9.17) is 9.26 Å². The van der Waals surface area contributed by atoms with Crippen molar-refractivity contribution in [3.05, 3.63) is 11.7 Å². The Kier molecular flexibility index (Phi) is 5.34. The molecule has 1 aromatic rings. The van der Waals surface area contributed by atoms with E-state index in [1.54, 1.807) is 4.90 Å². The van der Waals surface area contributed by atoms with Gasteiger partial charge in [0, 0.05) is 38.5 Å². The predicted molar refractivity (Wildman–Crippen MR) is 72.4 cm³/mol. The SMILES string of the molecule is CCOC(=O)N1CCC(NCCc2nc(CC)no2)C1. The van der Waals surface area contributed by atoms with E-state index in [1.807, 2.05) is 13.8 Å². The number of hydrogen-bond donors (Lipinski definition) is 1. The first-order chi connectivity index (χ1) is 9.72. The summed E-state index contributed by atoms with van der Waals surface area (Å²) < 4.78 is 10.1. The lowest BCUT2D eigenvalue weighted by molar-refractivity contribution is 0.115. The van der Waals surface area contributed by atoms with Gasteiger partial charge >= 0.3 is 6.09 Å². The second-order valence-corrected chi connectivity index (χ2v) is 4.79. The molecular formula is C13H22N4O3. The number of aryl methyl sites for hydroxylation is 1. The monoisotopic (exact) mass is 282 g/mol. The Bertz CT molecular complexity index is 435. The summed E-state index contributed by atoms with van der Waals surface area (Å²) in [5.41, 5.74) is 0. The molecule has 1 unspecified atom stereocenters. The van der Waals surface area contributed by atoms with Gasteiger partial charge in [-0.1, -0.05) is 12.1 Å². The molecule has 1 atom stereocenters. The van der Waals surface area contributed by atoms with Gasteiger partial charge < -0.3 is 19.5 Å². The van der Waals surface area contributed by atoms with Crippen LogP contribution in [-0.4, -0.2) is 53.4 Å². The molecule has 1 aliphatic heterocycles. The average Bonchev–Trinajstić information content (AvgIpc) is 3.08. The summed E-state index contributed by atoms with van der Waals surface area (Å²) in [6.07, 6.45) is 2.22. The smallest absolute Gasteiger partial charge is 0.409 e. The molecule has 1 fully saturated rings. The molecule has 2 rings (SSSR count). The fraction of sp³-hybridized carbons (Fsp3) is 0.769. The number of nitrogens with zero attached hydrogens (tertiary/aromatic N) is 3. The quantitative estimate of drug-likeness (QED) is 0.838. The number of aromatic nitrogens is 2. The van der Waals surface area contributed by atoms with Crippen LogP contribution in [0.3, 0.4) is 0 Å². The van der Waals surface area contributed by atoms with Crippen molar-refractivity contribution in [1.29, 1.82) is 0 Å². The largest absolute Gasteiger partial charge is 0.450 e. The first-order valence-corrected chi connectivity index (χ1v) is 7.19. The Morgan fingerprint density at radius 1 is 1.55 bits per heavy atom. The van der Waals surface area contributed by atoms with Gasteiger partial charge in [-0.2, -0.15) is 4.98 Å². The number of likely N-dealkylation sites (tertiary alicyclic amines) is 1. The second-order valence-electron chi connectivity index (χ2n) is 4.79. The molecule has 7 nitrogen and oxygen atoms in total. The predicted octanol–water partition coefficient (Wildman–Crippen LogP) is 0.995. The summed E-state index contributed by atoms with van der Waals surface area (Å²) >= 11 is 0. The molecule has 1 saturated heterocycles. The van der Waals surface area contributed by atoms with Crippen LogP contribution in [0.1, 0.15) is 32.0 Å². The molecule has 0 aromatic carbocycles. The van der Waals surface area contributed by atoms with Gasteiger partial charge in [-0.15, -0.1) is 0 Å². The molecule has 1 aromatic heterocycles. The molecule has 1 N–H and O–H groups in total. The van der Waals surface area contributed by atoms with Crippen molar-refractivity contribution >= 4 is 6.09 Å². The minimum absolute atomic E-state index is 0.221. The number of carbonyl (C=O) groups is 1. The Morgan fingerprint density at radius 3 is 3.10 bits per heavy atom. The van der Waals surface area contributed by atoms with E-state index in [1.165, 1.54) is 0 Å². The zero-order valence-corrected chi connectivity index (χ0v) is 12.1. The number of carbonyl (C=O) groups excluding carboxylic acids is 1. The molecule has 20 heavy (non-hydrogen) atoms. The number of nitrogens with one attached hydrogen (secondary N) is 1. The van der Waals surface area contributed by atoms with Crippen LogP contribution in [0.5, 0.6) is 0 Å². The zero-order valence-electron chi connectivity index (χ0n) is 12.1. The minimum Gasteiger partial charge on any atom is -0.450 e. The normalized spacial score (nSPS) is 18.5. The summed E-state index contributed by atoms with van der Waals surface area (Å²) in [6, 6.07) is 0.313. The van der Waals surface area contributed by atoms with Crippen LogP contribution in [0.4, 0.5) is 4.79 Å². The number of ether oxygens (including phenoxy) is 1. The van der Waals surface area contributed by atoms with E-state index in [9.17, 15) is 4.79 Å². The van der Waals surface area contributed by atoms with E-state index in [2.05, 4.69) is 15.5 Å². The van der Waals surface area contributed by atoms with E-state index in [0.717, 1.165) is 31.8 Å². The fourth-order valence-corrected chi connectivity index (χ4v) is 2.23. The van der Waals surface area contributed by atoms with Crippen molar-refractivity contribution in [3.63, 3.8) is 0 Å². The fourth-order valence-electron chi connectivity index (χ4n) is 2.23. The third-order valence-corrected chi connectivity index (χ3v) is 3.31. The molecule has 112 valence electrons. The van der Waals surface area contributed by atoms with Crippen molar-refractivity contribution in [2.24, 2.45) is 0 Å². The summed E-state index contributed by atoms with van der Waals surface area (Å²) in [7, 11) is 0. The highest BCUT2D eigenvalue weighted by Gasteiger charge is 2.26. The van der Waals surface area contributed by atoms with Crippen molar-refractivity contribution in [2.45, 2.75) is 39.2 Å². The van der Waals surface area contributed by atoms with Crippen LogP contribution in [0.25, 0.3) is 0 Å². The third-order valence-electron chi connectivity index (χ3n) is 3.31. The molecule has 1 amide bonds. The van der Waals surface area contributed by atoms with Gasteiger partial charge in [-0.05, 0) is 13.3 Å². The molecule has 0 aliphatic carbocycles. The maximum atomic E-state index is 11.6. The number of hydrogen-bond acceptors (Lipinski definition) is 6. The maximum Gasteiger partial charge on any atom is 0.409 e. The van der Waals surface area contributed by atoms with Crippen molar-refractivity contribution in [2.75, 3.05) is 26.2 Å². The van der Waals surface area contributed by atoms with Crippen molar-refractivity contribution in [1.82, 2.24) is 20.4 Å². The van der Waals surface area contributed by atoms with Crippen LogP contribution >= 0.6 is 0 Å². The van der Waals surface area contributed by atoms with Crippen LogP contribution < -0.4 is 5.32 Å². The van der Waals surface area contributed by atoms with E-state index < -0.39 is 0 Å². The van der Waals surface area contributed by atoms with Crippen LogP contribution in [0.15, 0.2) is 4.52 Å². The van der Waals surface area contributed by atoms with E-state index in [0.29, 0.717) is 31.5 Å². The highest BCUT2D eigenvalue weighted by Crippen LogP contribution is 2.10. The molecule has 0 radical (unpaired) electrons. The lowest BCUT2D eigenvalue weighted by Crippen LogP contribution is -2.36. The van der Waals surface area contributed by atoms with Crippen LogP contribution in [-0.2, 0) is 17.6 Å². The molecule has 7 heteroatoms.